The molecular weight excluding hydrogens is 362 g/mol. The standard InChI is InChI=1S/C20H19N3O5/c1-20(12-21,14-6-7-14)23-17(24)11-28-19(26)13-4-8-15(9-5-13)22-18(25)16-3-2-10-27-16/h2-5,8-10,14H,6-7,11H2,1H3,(H,22,25)(H,23,24)/t20-/m0/s1. The molecule has 1 aromatic heterocycles. The third-order valence-electron chi connectivity index (χ3n) is 4.48. The zero-order chi connectivity index (χ0) is 20.1. The van der Waals surface area contributed by atoms with Crippen molar-refractivity contribution in [1.29, 1.82) is 5.26 Å². The predicted molar refractivity (Wildman–Crippen MR) is 98.3 cm³/mol. The van der Waals surface area contributed by atoms with Gasteiger partial charge in [-0.05, 0) is 62.1 Å². The van der Waals surface area contributed by atoms with Crippen molar-refractivity contribution in [2.75, 3.05) is 11.9 Å². The smallest absolute Gasteiger partial charge is 0.338 e. The van der Waals surface area contributed by atoms with E-state index in [2.05, 4.69) is 16.7 Å². The number of hydrogen-bond donors (Lipinski definition) is 2. The van der Waals surface area contributed by atoms with E-state index in [9.17, 15) is 19.6 Å². The molecule has 3 rings (SSSR count). The van der Waals surface area contributed by atoms with E-state index in [0.29, 0.717) is 5.69 Å². The number of amides is 2. The van der Waals surface area contributed by atoms with Gasteiger partial charge in [0.2, 0.25) is 0 Å². The lowest BCUT2D eigenvalue weighted by atomic mass is 9.98. The van der Waals surface area contributed by atoms with E-state index in [1.165, 1.54) is 36.6 Å². The number of hydrogen-bond acceptors (Lipinski definition) is 6. The molecule has 8 nitrogen and oxygen atoms in total. The fourth-order valence-electron chi connectivity index (χ4n) is 2.71. The molecule has 1 heterocycles. The lowest BCUT2D eigenvalue weighted by Gasteiger charge is -2.22. The van der Waals surface area contributed by atoms with Crippen LogP contribution < -0.4 is 10.6 Å². The molecule has 1 aliphatic rings. The quantitative estimate of drug-likeness (QED) is 0.711. The van der Waals surface area contributed by atoms with E-state index in [0.717, 1.165) is 12.8 Å². The number of nitrogens with zero attached hydrogens (tertiary/aromatic N) is 1. The summed E-state index contributed by atoms with van der Waals surface area (Å²) in [7, 11) is 0. The first kappa shape index (κ1) is 19.2. The third kappa shape index (κ3) is 4.57. The highest BCUT2D eigenvalue weighted by Crippen LogP contribution is 2.39. The van der Waals surface area contributed by atoms with Gasteiger partial charge >= 0.3 is 5.97 Å². The van der Waals surface area contributed by atoms with Crippen molar-refractivity contribution in [1.82, 2.24) is 5.32 Å². The average Bonchev–Trinajstić information content (AvgIpc) is 3.41. The van der Waals surface area contributed by atoms with Crippen LogP contribution in [0.25, 0.3) is 0 Å². The van der Waals surface area contributed by atoms with Crippen LogP contribution in [0.5, 0.6) is 0 Å². The van der Waals surface area contributed by atoms with E-state index in [-0.39, 0.29) is 17.2 Å². The van der Waals surface area contributed by atoms with Crippen molar-refractivity contribution < 1.29 is 23.5 Å². The summed E-state index contributed by atoms with van der Waals surface area (Å²) >= 11 is 0. The molecule has 2 amide bonds. The van der Waals surface area contributed by atoms with Crippen LogP contribution in [0.4, 0.5) is 5.69 Å². The first-order valence-electron chi connectivity index (χ1n) is 8.75. The van der Waals surface area contributed by atoms with Gasteiger partial charge in [-0.1, -0.05) is 0 Å². The van der Waals surface area contributed by atoms with Crippen molar-refractivity contribution in [2.45, 2.75) is 25.3 Å². The highest BCUT2D eigenvalue weighted by Gasteiger charge is 2.43. The van der Waals surface area contributed by atoms with Crippen molar-refractivity contribution in [3.05, 3.63) is 54.0 Å². The minimum Gasteiger partial charge on any atom is -0.459 e. The molecule has 0 saturated heterocycles. The number of carbonyl (C=O) groups excluding carboxylic acids is 3. The zero-order valence-corrected chi connectivity index (χ0v) is 15.2. The minimum atomic E-state index is -0.933. The Morgan fingerprint density at radius 1 is 1.25 bits per heavy atom. The van der Waals surface area contributed by atoms with Gasteiger partial charge in [0, 0.05) is 5.69 Å². The van der Waals surface area contributed by atoms with Gasteiger partial charge in [-0.15, -0.1) is 0 Å². The van der Waals surface area contributed by atoms with Crippen LogP contribution in [0.1, 0.15) is 40.7 Å². The molecule has 1 aliphatic carbocycles. The zero-order valence-electron chi connectivity index (χ0n) is 15.2. The molecule has 0 unspecified atom stereocenters. The number of nitrogens with one attached hydrogen (secondary N) is 2. The Morgan fingerprint density at radius 2 is 1.96 bits per heavy atom. The van der Waals surface area contributed by atoms with E-state index in [1.807, 2.05) is 0 Å². The van der Waals surface area contributed by atoms with Crippen LogP contribution in [-0.4, -0.2) is 29.9 Å². The summed E-state index contributed by atoms with van der Waals surface area (Å²) in [5, 5.41) is 14.5. The Hall–Kier alpha value is -3.60. The van der Waals surface area contributed by atoms with Crippen molar-refractivity contribution >= 4 is 23.5 Å². The van der Waals surface area contributed by atoms with Crippen LogP contribution in [0.2, 0.25) is 0 Å². The Morgan fingerprint density at radius 3 is 2.54 bits per heavy atom. The molecule has 0 bridgehead atoms. The van der Waals surface area contributed by atoms with Crippen molar-refractivity contribution in [3.63, 3.8) is 0 Å². The molecule has 1 aromatic carbocycles. The van der Waals surface area contributed by atoms with Crippen LogP contribution in [0.15, 0.2) is 47.1 Å². The van der Waals surface area contributed by atoms with E-state index >= 15 is 0 Å². The fourth-order valence-corrected chi connectivity index (χ4v) is 2.71. The van der Waals surface area contributed by atoms with Gasteiger partial charge in [0.05, 0.1) is 17.9 Å². The molecule has 28 heavy (non-hydrogen) atoms. The SMILES string of the molecule is C[C@@](C#N)(NC(=O)COC(=O)c1ccc(NC(=O)c2ccco2)cc1)C1CC1. The number of rotatable bonds is 7. The maximum Gasteiger partial charge on any atom is 0.338 e. The second kappa shape index (κ2) is 7.96. The molecule has 1 saturated carbocycles. The van der Waals surface area contributed by atoms with Crippen LogP contribution in [-0.2, 0) is 9.53 Å². The van der Waals surface area contributed by atoms with Gasteiger partial charge in [-0.25, -0.2) is 4.79 Å². The highest BCUT2D eigenvalue weighted by atomic mass is 16.5. The number of ether oxygens (including phenoxy) is 1. The van der Waals surface area contributed by atoms with Gasteiger partial charge in [0.25, 0.3) is 11.8 Å². The molecule has 0 spiro atoms. The Balaban J connectivity index is 1.50. The Kier molecular flexibility index (Phi) is 5.45. The van der Waals surface area contributed by atoms with Crippen molar-refractivity contribution in [3.8, 4) is 6.07 Å². The van der Waals surface area contributed by atoms with Gasteiger partial charge in [0.15, 0.2) is 12.4 Å². The number of esters is 1. The molecule has 0 radical (unpaired) electrons. The molecule has 1 fully saturated rings. The molecule has 144 valence electrons. The topological polar surface area (TPSA) is 121 Å². The van der Waals surface area contributed by atoms with Gasteiger partial charge in [-0.3, -0.25) is 9.59 Å². The lowest BCUT2D eigenvalue weighted by molar-refractivity contribution is -0.125. The Bertz CT molecular complexity index is 910. The molecule has 1 atom stereocenters. The normalized spacial score (nSPS) is 15.0. The molecule has 0 aliphatic heterocycles. The summed E-state index contributed by atoms with van der Waals surface area (Å²) < 4.78 is 10.00. The third-order valence-corrected chi connectivity index (χ3v) is 4.48. The Labute approximate surface area is 161 Å². The molecule has 8 heteroatoms. The summed E-state index contributed by atoms with van der Waals surface area (Å²) in [5.41, 5.74) is -0.226. The van der Waals surface area contributed by atoms with E-state index in [1.54, 1.807) is 13.0 Å². The summed E-state index contributed by atoms with van der Waals surface area (Å²) in [6, 6.07) is 11.3. The number of carbonyl (C=O) groups is 3. The van der Waals surface area contributed by atoms with Crippen LogP contribution in [0, 0.1) is 17.2 Å². The van der Waals surface area contributed by atoms with Crippen LogP contribution >= 0.6 is 0 Å². The summed E-state index contributed by atoms with van der Waals surface area (Å²) in [6.45, 7) is 1.19. The first-order valence-corrected chi connectivity index (χ1v) is 8.75. The fraction of sp³-hybridized carbons (Fsp3) is 0.300. The second-order valence-electron chi connectivity index (χ2n) is 6.72. The highest BCUT2D eigenvalue weighted by molar-refractivity contribution is 6.02. The molecular formula is C20H19N3O5. The van der Waals surface area contributed by atoms with Crippen LogP contribution in [0.3, 0.4) is 0 Å². The second-order valence-corrected chi connectivity index (χ2v) is 6.72. The van der Waals surface area contributed by atoms with Crippen molar-refractivity contribution in [2.24, 2.45) is 5.92 Å². The van der Waals surface area contributed by atoms with Gasteiger partial charge in [-0.2, -0.15) is 5.26 Å². The average molecular weight is 381 g/mol. The maximum absolute atomic E-state index is 12.1. The number of anilines is 1. The number of furan rings is 1. The predicted octanol–water partition coefficient (Wildman–Crippen LogP) is 2.50. The minimum absolute atomic E-state index is 0.140. The molecule has 2 aromatic rings. The maximum atomic E-state index is 12.1. The largest absolute Gasteiger partial charge is 0.459 e. The summed E-state index contributed by atoms with van der Waals surface area (Å²) in [6.07, 6.45) is 3.19. The number of nitriles is 1. The molecule has 2 N–H and O–H groups in total. The van der Waals surface area contributed by atoms with E-state index in [4.69, 9.17) is 9.15 Å². The monoisotopic (exact) mass is 381 g/mol. The first-order chi connectivity index (χ1) is 13.4. The summed E-state index contributed by atoms with van der Waals surface area (Å²) in [5.74, 6) is -1.30. The van der Waals surface area contributed by atoms with Gasteiger partial charge < -0.3 is 19.8 Å². The summed E-state index contributed by atoms with van der Waals surface area (Å²) in [4.78, 5) is 36.0. The van der Waals surface area contributed by atoms with Gasteiger partial charge in [0.1, 0.15) is 5.54 Å². The lowest BCUT2D eigenvalue weighted by Crippen LogP contribution is -2.48. The number of benzene rings is 1. The van der Waals surface area contributed by atoms with E-state index < -0.39 is 29.9 Å².